The van der Waals surface area contributed by atoms with Crippen molar-refractivity contribution in [3.8, 4) is 0 Å². The highest BCUT2D eigenvalue weighted by atomic mass is 127. The molecule has 0 aliphatic rings. The van der Waals surface area contributed by atoms with Crippen LogP contribution in [0.3, 0.4) is 0 Å². The summed E-state index contributed by atoms with van der Waals surface area (Å²) in [5, 5.41) is 0.591. The zero-order chi connectivity index (χ0) is 10.2. The third kappa shape index (κ3) is 2.28. The van der Waals surface area contributed by atoms with E-state index in [4.69, 9.17) is 0 Å². The van der Waals surface area contributed by atoms with Crippen LogP contribution in [0.5, 0.6) is 0 Å². The van der Waals surface area contributed by atoms with Gasteiger partial charge in [-0.05, 0) is 39.9 Å². The summed E-state index contributed by atoms with van der Waals surface area (Å²) in [6, 6.07) is 2.39. The van der Waals surface area contributed by atoms with Gasteiger partial charge in [0.05, 0.1) is 11.6 Å². The molecule has 0 unspecified atom stereocenters. The second-order valence-electron chi connectivity index (χ2n) is 3.97. The Labute approximate surface area is 91.5 Å². The first-order chi connectivity index (χ1) is 5.84. The van der Waals surface area contributed by atoms with Gasteiger partial charge in [-0.2, -0.15) is 0 Å². The number of rotatable bonds is 1. The Morgan fingerprint density at radius 3 is 1.92 bits per heavy atom. The molecular formula is C9H11F2ISi. The summed E-state index contributed by atoms with van der Waals surface area (Å²) in [4.78, 5) is 0. The van der Waals surface area contributed by atoms with Crippen LogP contribution in [-0.4, -0.2) is 8.07 Å². The second-order valence-corrected chi connectivity index (χ2v) is 10.0. The molecule has 72 valence electrons. The van der Waals surface area contributed by atoms with Gasteiger partial charge < -0.3 is 0 Å². The van der Waals surface area contributed by atoms with Crippen molar-refractivity contribution in [3.05, 3.63) is 27.3 Å². The minimum Gasteiger partial charge on any atom is -0.207 e. The maximum Gasteiger partial charge on any atom is 0.136 e. The van der Waals surface area contributed by atoms with Crippen molar-refractivity contribution in [2.45, 2.75) is 19.6 Å². The minimum atomic E-state index is -1.78. The second kappa shape index (κ2) is 3.65. The maximum atomic E-state index is 13.4. The highest BCUT2D eigenvalue weighted by Gasteiger charge is 2.25. The molecule has 4 heteroatoms. The fraction of sp³-hybridized carbons (Fsp3) is 0.333. The lowest BCUT2D eigenvalue weighted by Crippen LogP contribution is -2.42. The number of benzene rings is 1. The molecule has 0 saturated carbocycles. The lowest BCUT2D eigenvalue weighted by molar-refractivity contribution is 0.600. The van der Waals surface area contributed by atoms with Crippen molar-refractivity contribution < 1.29 is 8.78 Å². The Hall–Kier alpha value is 0.0269. The molecular weight excluding hydrogens is 301 g/mol. The lowest BCUT2D eigenvalue weighted by Gasteiger charge is -2.19. The molecule has 0 aliphatic carbocycles. The van der Waals surface area contributed by atoms with Crippen LogP contribution in [0.2, 0.25) is 19.6 Å². The predicted octanol–water partition coefficient (Wildman–Crippen LogP) is 3.11. The van der Waals surface area contributed by atoms with Crippen molar-refractivity contribution in [2.24, 2.45) is 0 Å². The van der Waals surface area contributed by atoms with Gasteiger partial charge in [0.15, 0.2) is 0 Å². The molecule has 0 atom stereocenters. The maximum absolute atomic E-state index is 13.4. The van der Waals surface area contributed by atoms with Gasteiger partial charge in [-0.15, -0.1) is 0 Å². The fourth-order valence-corrected chi connectivity index (χ4v) is 5.66. The molecule has 0 spiro atoms. The highest BCUT2D eigenvalue weighted by Crippen LogP contribution is 2.15. The van der Waals surface area contributed by atoms with Crippen LogP contribution in [0.4, 0.5) is 8.78 Å². The summed E-state index contributed by atoms with van der Waals surface area (Å²) in [7, 11) is -1.78. The molecule has 1 aromatic carbocycles. The van der Waals surface area contributed by atoms with E-state index in [1.165, 1.54) is 12.1 Å². The zero-order valence-corrected chi connectivity index (χ0v) is 10.9. The van der Waals surface area contributed by atoms with Crippen LogP contribution in [0.1, 0.15) is 0 Å². The molecule has 0 aromatic heterocycles. The van der Waals surface area contributed by atoms with Gasteiger partial charge in [0, 0.05) is 0 Å². The van der Waals surface area contributed by atoms with Crippen molar-refractivity contribution in [1.29, 1.82) is 0 Å². The van der Waals surface area contributed by atoms with E-state index in [1.54, 1.807) is 0 Å². The summed E-state index contributed by atoms with van der Waals surface area (Å²) in [6.07, 6.45) is 0. The quantitative estimate of drug-likeness (QED) is 0.425. The fourth-order valence-electron chi connectivity index (χ4n) is 1.21. The van der Waals surface area contributed by atoms with E-state index in [0.717, 1.165) is 0 Å². The average Bonchev–Trinajstić information content (AvgIpc) is 1.95. The predicted molar refractivity (Wildman–Crippen MR) is 62.1 cm³/mol. The molecule has 0 aliphatic heterocycles. The molecule has 0 fully saturated rings. The Bertz CT molecular complexity index is 331. The van der Waals surface area contributed by atoms with Gasteiger partial charge in [0.25, 0.3) is 0 Å². The SMILES string of the molecule is C[Si](C)(C)c1c(F)ccc(F)c1I. The van der Waals surface area contributed by atoms with Crippen molar-refractivity contribution >= 4 is 35.9 Å². The monoisotopic (exact) mass is 312 g/mol. The van der Waals surface area contributed by atoms with Crippen molar-refractivity contribution in [3.63, 3.8) is 0 Å². The molecule has 0 heterocycles. The molecule has 0 N–H and O–H groups in total. The first kappa shape index (κ1) is 11.1. The van der Waals surface area contributed by atoms with E-state index in [-0.39, 0.29) is 11.6 Å². The Balaban J connectivity index is 3.43. The third-order valence-electron chi connectivity index (χ3n) is 1.79. The molecule has 0 bridgehead atoms. The van der Waals surface area contributed by atoms with E-state index >= 15 is 0 Å². The van der Waals surface area contributed by atoms with Crippen molar-refractivity contribution in [1.82, 2.24) is 0 Å². The molecule has 1 rings (SSSR count). The van der Waals surface area contributed by atoms with E-state index in [1.807, 2.05) is 42.2 Å². The number of halogens is 3. The topological polar surface area (TPSA) is 0 Å². The van der Waals surface area contributed by atoms with Crippen LogP contribution in [0, 0.1) is 15.2 Å². The zero-order valence-electron chi connectivity index (χ0n) is 7.79. The van der Waals surface area contributed by atoms with E-state index in [0.29, 0.717) is 8.76 Å². The summed E-state index contributed by atoms with van der Waals surface area (Å²) in [5.74, 6) is -0.593. The summed E-state index contributed by atoms with van der Waals surface area (Å²) in [5.41, 5.74) is 0. The molecule has 1 aromatic rings. The summed E-state index contributed by atoms with van der Waals surface area (Å²) >= 11 is 1.88. The number of hydrogen-bond acceptors (Lipinski definition) is 0. The normalized spacial score (nSPS) is 11.8. The molecule has 13 heavy (non-hydrogen) atoms. The molecule has 0 nitrogen and oxygen atoms in total. The first-order valence-corrected chi connectivity index (χ1v) is 8.56. The van der Waals surface area contributed by atoms with Crippen LogP contribution in [-0.2, 0) is 0 Å². The van der Waals surface area contributed by atoms with E-state index in [9.17, 15) is 8.78 Å². The van der Waals surface area contributed by atoms with Crippen LogP contribution >= 0.6 is 22.6 Å². The van der Waals surface area contributed by atoms with Gasteiger partial charge in [-0.25, -0.2) is 8.78 Å². The Kier molecular flexibility index (Phi) is 3.11. The van der Waals surface area contributed by atoms with Gasteiger partial charge in [0.1, 0.15) is 11.6 Å². The number of hydrogen-bond donors (Lipinski definition) is 0. The Morgan fingerprint density at radius 1 is 1.08 bits per heavy atom. The highest BCUT2D eigenvalue weighted by molar-refractivity contribution is 14.1. The molecule has 0 saturated heterocycles. The first-order valence-electron chi connectivity index (χ1n) is 3.98. The average molecular weight is 312 g/mol. The van der Waals surface area contributed by atoms with E-state index in [2.05, 4.69) is 0 Å². The largest absolute Gasteiger partial charge is 0.207 e. The van der Waals surface area contributed by atoms with E-state index < -0.39 is 8.07 Å². The summed E-state index contributed by atoms with van der Waals surface area (Å²) in [6.45, 7) is 6.02. The van der Waals surface area contributed by atoms with Gasteiger partial charge in [0.2, 0.25) is 0 Å². The van der Waals surface area contributed by atoms with Gasteiger partial charge in [-0.1, -0.05) is 19.6 Å². The summed E-state index contributed by atoms with van der Waals surface area (Å²) < 4.78 is 27.0. The van der Waals surface area contributed by atoms with Gasteiger partial charge >= 0.3 is 0 Å². The molecule has 0 amide bonds. The lowest BCUT2D eigenvalue weighted by atomic mass is 10.3. The van der Waals surface area contributed by atoms with Gasteiger partial charge in [-0.3, -0.25) is 0 Å². The molecule has 0 radical (unpaired) electrons. The Morgan fingerprint density at radius 2 is 1.54 bits per heavy atom. The van der Waals surface area contributed by atoms with Crippen LogP contribution in [0.25, 0.3) is 0 Å². The van der Waals surface area contributed by atoms with Crippen molar-refractivity contribution in [2.75, 3.05) is 0 Å². The van der Waals surface area contributed by atoms with Crippen LogP contribution < -0.4 is 5.19 Å². The standard InChI is InChI=1S/C9H11F2ISi/c1-13(2,3)9-7(11)5-4-6(10)8(9)12/h4-5H,1-3H3. The third-order valence-corrected chi connectivity index (χ3v) is 5.35. The van der Waals surface area contributed by atoms with Crippen LogP contribution in [0.15, 0.2) is 12.1 Å². The minimum absolute atomic E-state index is 0.273. The smallest absolute Gasteiger partial charge is 0.136 e.